The topological polar surface area (TPSA) is 146 Å². The van der Waals surface area contributed by atoms with E-state index in [1.807, 2.05) is 69.9 Å². The Balaban J connectivity index is 0.965. The number of halogens is 2. The number of amides is 3. The van der Waals surface area contributed by atoms with Crippen LogP contribution in [-0.4, -0.2) is 79.2 Å². The number of carbonyl (C=O) groups is 3. The number of ether oxygens (including phenoxy) is 2. The largest absolute Gasteiger partial charge is 0.453 e. The number of nitrogens with zero attached hydrogens (tertiary/aromatic N) is 4. The summed E-state index contributed by atoms with van der Waals surface area (Å²) in [5.74, 6) is -2.17. The SMILES string of the molecule is COC(=O)N[C@H](C(=O)N1CCC[C@H]1c1ncc(-c2ccc3c(c2)C(F)(F)c2cc(-c4ccc5nc(C6(C)[C@H]7CC[C@H](C7)N6C(=O)OC(C)(C)C)[nH]c5c4)ccc2-3)[nH]1)C(C)C. The van der Waals surface area contributed by atoms with Gasteiger partial charge in [0.15, 0.2) is 0 Å². The molecule has 14 heteroatoms. The van der Waals surface area contributed by atoms with Gasteiger partial charge in [0.1, 0.15) is 28.8 Å². The Hall–Kier alpha value is -5.79. The van der Waals surface area contributed by atoms with Crippen LogP contribution in [0.3, 0.4) is 0 Å². The highest BCUT2D eigenvalue weighted by atomic mass is 19.3. The molecule has 1 saturated carbocycles. The van der Waals surface area contributed by atoms with Crippen molar-refractivity contribution in [2.24, 2.45) is 11.8 Å². The van der Waals surface area contributed by atoms with Gasteiger partial charge >= 0.3 is 12.2 Å². The monoisotopic (exact) mass is 819 g/mol. The van der Waals surface area contributed by atoms with Crippen molar-refractivity contribution < 1.29 is 32.6 Å². The number of aromatic amines is 2. The van der Waals surface area contributed by atoms with Crippen molar-refractivity contribution in [2.75, 3.05) is 13.7 Å². The molecule has 9 rings (SSSR count). The number of imidazole rings is 2. The molecule has 5 atom stereocenters. The summed E-state index contributed by atoms with van der Waals surface area (Å²) in [6, 6.07) is 15.0. The van der Waals surface area contributed by atoms with Gasteiger partial charge in [0.05, 0.1) is 36.1 Å². The van der Waals surface area contributed by atoms with Crippen molar-refractivity contribution in [1.82, 2.24) is 35.1 Å². The van der Waals surface area contributed by atoms with Crippen LogP contribution < -0.4 is 5.32 Å². The fraction of sp³-hybridized carbons (Fsp3) is 0.457. The van der Waals surface area contributed by atoms with Crippen molar-refractivity contribution >= 4 is 29.1 Å². The molecule has 0 radical (unpaired) electrons. The molecule has 3 N–H and O–H groups in total. The van der Waals surface area contributed by atoms with Gasteiger partial charge < -0.3 is 29.7 Å². The number of likely N-dealkylation sites (tertiary alicyclic amines) is 2. The van der Waals surface area contributed by atoms with Gasteiger partial charge in [0.25, 0.3) is 5.92 Å². The van der Waals surface area contributed by atoms with E-state index in [2.05, 4.69) is 27.2 Å². The molecule has 3 fully saturated rings. The fourth-order valence-electron chi connectivity index (χ4n) is 10.1. The van der Waals surface area contributed by atoms with Gasteiger partial charge in [-0.1, -0.05) is 44.2 Å². The summed E-state index contributed by atoms with van der Waals surface area (Å²) < 4.78 is 43.7. The third-order valence-corrected chi connectivity index (χ3v) is 13.1. The number of piperidine rings is 1. The van der Waals surface area contributed by atoms with Gasteiger partial charge in [-0.25, -0.2) is 19.6 Å². The molecule has 2 aromatic heterocycles. The summed E-state index contributed by atoms with van der Waals surface area (Å²) in [5.41, 5.74) is 3.53. The molecule has 314 valence electrons. The number of methoxy groups -OCH3 is 1. The lowest BCUT2D eigenvalue weighted by Crippen LogP contribution is -2.53. The second kappa shape index (κ2) is 14.2. The molecule has 1 unspecified atom stereocenters. The second-order valence-corrected chi connectivity index (χ2v) is 18.3. The lowest BCUT2D eigenvalue weighted by molar-refractivity contribution is -0.135. The quantitative estimate of drug-likeness (QED) is 0.148. The van der Waals surface area contributed by atoms with Crippen LogP contribution in [0, 0.1) is 11.8 Å². The first-order chi connectivity index (χ1) is 28.5. The third kappa shape index (κ3) is 6.40. The van der Waals surface area contributed by atoms with Crippen LogP contribution in [-0.2, 0) is 25.7 Å². The predicted molar refractivity (Wildman–Crippen MR) is 222 cm³/mol. The minimum atomic E-state index is -3.26. The molecule has 2 aliphatic carbocycles. The van der Waals surface area contributed by atoms with Gasteiger partial charge in [0, 0.05) is 29.3 Å². The zero-order valence-corrected chi connectivity index (χ0v) is 35.0. The summed E-state index contributed by atoms with van der Waals surface area (Å²) in [6.07, 6.45) is 4.86. The van der Waals surface area contributed by atoms with Crippen LogP contribution in [0.15, 0.2) is 60.8 Å². The molecule has 4 aliphatic rings. The number of alkyl halides is 2. The van der Waals surface area contributed by atoms with Gasteiger partial charge in [-0.05, 0) is 118 Å². The van der Waals surface area contributed by atoms with Gasteiger partial charge in [-0.15, -0.1) is 0 Å². The van der Waals surface area contributed by atoms with Crippen LogP contribution in [0.25, 0.3) is 44.5 Å². The number of benzene rings is 3. The Bertz CT molecular complexity index is 2540. The maximum Gasteiger partial charge on any atom is 0.411 e. The highest BCUT2D eigenvalue weighted by molar-refractivity contribution is 5.88. The number of hydrogen-bond acceptors (Lipinski definition) is 7. The number of hydrogen-bond donors (Lipinski definition) is 3. The van der Waals surface area contributed by atoms with Gasteiger partial charge in [-0.2, -0.15) is 8.78 Å². The molecule has 3 amide bonds. The zero-order chi connectivity index (χ0) is 42.5. The number of rotatable bonds is 7. The van der Waals surface area contributed by atoms with Gasteiger partial charge in [0.2, 0.25) is 5.91 Å². The normalized spacial score (nSPS) is 23.3. The van der Waals surface area contributed by atoms with E-state index >= 15 is 8.78 Å². The molecule has 2 aliphatic heterocycles. The van der Waals surface area contributed by atoms with Crippen molar-refractivity contribution in [1.29, 1.82) is 0 Å². The van der Waals surface area contributed by atoms with Crippen molar-refractivity contribution in [3.8, 4) is 33.5 Å². The Labute approximate surface area is 347 Å². The van der Waals surface area contributed by atoms with Crippen LogP contribution in [0.5, 0.6) is 0 Å². The van der Waals surface area contributed by atoms with E-state index < -0.39 is 29.2 Å². The molecule has 2 bridgehead atoms. The number of aromatic nitrogens is 4. The summed E-state index contributed by atoms with van der Waals surface area (Å²) in [5, 5.41) is 2.66. The number of fused-ring (bicyclic) bond motifs is 6. The summed E-state index contributed by atoms with van der Waals surface area (Å²) in [4.78, 5) is 59.2. The molecule has 60 heavy (non-hydrogen) atoms. The Morgan fingerprint density at radius 2 is 1.62 bits per heavy atom. The van der Waals surface area contributed by atoms with E-state index in [0.29, 0.717) is 52.6 Å². The summed E-state index contributed by atoms with van der Waals surface area (Å²) >= 11 is 0. The number of H-pyrrole nitrogens is 2. The molecule has 12 nitrogen and oxygen atoms in total. The van der Waals surface area contributed by atoms with E-state index in [-0.39, 0.29) is 47.0 Å². The molecule has 3 aromatic carbocycles. The Morgan fingerprint density at radius 3 is 2.32 bits per heavy atom. The first-order valence-corrected chi connectivity index (χ1v) is 20.9. The average molecular weight is 820 g/mol. The maximum atomic E-state index is 16.6. The molecule has 5 aromatic rings. The fourth-order valence-corrected chi connectivity index (χ4v) is 10.1. The second-order valence-electron chi connectivity index (χ2n) is 18.3. The first-order valence-electron chi connectivity index (χ1n) is 20.9. The van der Waals surface area contributed by atoms with E-state index in [1.165, 1.54) is 13.2 Å². The minimum Gasteiger partial charge on any atom is -0.453 e. The standard InChI is InChI=1S/C46H51F2N7O5/c1-24(2)38(53-42(57)59-7)40(56)54-18-8-9-37(54)39-49-23-36(50-39)27-11-16-31-30-15-10-25(19-32(30)46(47,48)33(31)20-27)26-12-17-34-35(21-26)52-41(51-34)45(6)28-13-14-29(22-28)55(45)43(58)60-44(3,4)5/h10-12,15-17,19-21,23-24,28-29,37-38H,8-9,13-14,18,22H2,1-7H3,(H,49,50)(H,51,52)(H,53,57)/t28-,29+,37-,38-,45?/m0/s1. The zero-order valence-electron chi connectivity index (χ0n) is 35.0. The third-order valence-electron chi connectivity index (χ3n) is 13.1. The lowest BCUT2D eigenvalue weighted by Gasteiger charge is -2.43. The highest BCUT2D eigenvalue weighted by Gasteiger charge is 2.59. The molecular weight excluding hydrogens is 769 g/mol. The van der Waals surface area contributed by atoms with Crippen molar-refractivity contribution in [3.63, 3.8) is 0 Å². The van der Waals surface area contributed by atoms with Crippen molar-refractivity contribution in [3.05, 3.63) is 83.6 Å². The lowest BCUT2D eigenvalue weighted by atomic mass is 9.84. The molecule has 4 heterocycles. The highest BCUT2D eigenvalue weighted by Crippen LogP contribution is 2.55. The van der Waals surface area contributed by atoms with E-state index in [4.69, 9.17) is 14.5 Å². The van der Waals surface area contributed by atoms with Crippen LogP contribution in [0.2, 0.25) is 0 Å². The van der Waals surface area contributed by atoms with Crippen molar-refractivity contribution in [2.45, 2.75) is 109 Å². The molecule has 2 saturated heterocycles. The Morgan fingerprint density at radius 1 is 0.933 bits per heavy atom. The smallest absolute Gasteiger partial charge is 0.411 e. The predicted octanol–water partition coefficient (Wildman–Crippen LogP) is 9.42. The van der Waals surface area contributed by atoms with Crippen LogP contribution >= 0.6 is 0 Å². The average Bonchev–Trinajstić information content (AvgIpc) is 4.07. The van der Waals surface area contributed by atoms with E-state index in [0.717, 1.165) is 42.3 Å². The number of carbonyl (C=O) groups excluding carboxylic acids is 3. The van der Waals surface area contributed by atoms with Gasteiger partial charge in [-0.3, -0.25) is 9.69 Å². The first kappa shape index (κ1) is 39.7. The van der Waals surface area contributed by atoms with E-state index in [9.17, 15) is 14.4 Å². The molecular formula is C46H51F2N7O5. The van der Waals surface area contributed by atoms with Crippen LogP contribution in [0.1, 0.15) is 102 Å². The number of nitrogens with one attached hydrogen (secondary N) is 3. The van der Waals surface area contributed by atoms with E-state index in [1.54, 1.807) is 29.3 Å². The summed E-state index contributed by atoms with van der Waals surface area (Å²) in [7, 11) is 1.26. The Kier molecular flexibility index (Phi) is 9.36. The number of alkyl carbamates (subject to hydrolysis) is 1. The summed E-state index contributed by atoms with van der Waals surface area (Å²) in [6.45, 7) is 11.9. The molecule has 0 spiro atoms. The van der Waals surface area contributed by atoms with Crippen LogP contribution in [0.4, 0.5) is 18.4 Å². The minimum absolute atomic E-state index is 0.0641. The maximum absolute atomic E-state index is 16.6.